The van der Waals surface area contributed by atoms with Gasteiger partial charge < -0.3 is 9.84 Å². The van der Waals surface area contributed by atoms with Gasteiger partial charge in [0.2, 0.25) is 5.82 Å². The Morgan fingerprint density at radius 3 is 3.09 bits per heavy atom. The van der Waals surface area contributed by atoms with Crippen molar-refractivity contribution in [3.05, 3.63) is 34.4 Å². The predicted molar refractivity (Wildman–Crippen MR) is 87.7 cm³/mol. The van der Waals surface area contributed by atoms with E-state index in [1.807, 2.05) is 35.9 Å². The summed E-state index contributed by atoms with van der Waals surface area (Å²) in [7, 11) is 0. The van der Waals surface area contributed by atoms with Crippen molar-refractivity contribution >= 4 is 15.9 Å². The number of aromatic nitrogens is 5. The SMILES string of the molecule is Cc1c(-c2nc(-c3cccc(Br)c3)no2)nnn1C1CCNC1. The van der Waals surface area contributed by atoms with Crippen LogP contribution in [0.2, 0.25) is 0 Å². The minimum absolute atomic E-state index is 0.337. The van der Waals surface area contributed by atoms with Crippen molar-refractivity contribution in [3.8, 4) is 23.0 Å². The van der Waals surface area contributed by atoms with Gasteiger partial charge in [0.15, 0.2) is 5.69 Å². The van der Waals surface area contributed by atoms with Crippen molar-refractivity contribution in [3.63, 3.8) is 0 Å². The van der Waals surface area contributed by atoms with Crippen LogP contribution in [-0.2, 0) is 0 Å². The number of nitrogens with one attached hydrogen (secondary N) is 1. The van der Waals surface area contributed by atoms with Gasteiger partial charge in [-0.2, -0.15) is 4.98 Å². The average molecular weight is 375 g/mol. The van der Waals surface area contributed by atoms with Gasteiger partial charge in [0, 0.05) is 16.6 Å². The van der Waals surface area contributed by atoms with Crippen molar-refractivity contribution in [1.82, 2.24) is 30.5 Å². The van der Waals surface area contributed by atoms with Crippen LogP contribution < -0.4 is 5.32 Å². The van der Waals surface area contributed by atoms with Crippen LogP contribution in [0.25, 0.3) is 23.0 Å². The monoisotopic (exact) mass is 374 g/mol. The van der Waals surface area contributed by atoms with E-state index in [1.165, 1.54) is 0 Å². The quantitative estimate of drug-likeness (QED) is 0.758. The van der Waals surface area contributed by atoms with E-state index in [9.17, 15) is 0 Å². The molecule has 0 bridgehead atoms. The van der Waals surface area contributed by atoms with Crippen LogP contribution in [0.4, 0.5) is 0 Å². The molecular weight excluding hydrogens is 360 g/mol. The Balaban J connectivity index is 1.67. The minimum Gasteiger partial charge on any atom is -0.332 e. The second-order valence-electron chi connectivity index (χ2n) is 5.55. The molecule has 3 heterocycles. The molecule has 1 aliphatic heterocycles. The normalized spacial score (nSPS) is 17.7. The Hall–Kier alpha value is -2.06. The third-order valence-corrected chi connectivity index (χ3v) is 4.51. The Labute approximate surface area is 141 Å². The van der Waals surface area contributed by atoms with Crippen LogP contribution in [0.5, 0.6) is 0 Å². The van der Waals surface area contributed by atoms with Gasteiger partial charge in [-0.05, 0) is 32.0 Å². The Morgan fingerprint density at radius 2 is 2.30 bits per heavy atom. The fourth-order valence-electron chi connectivity index (χ4n) is 2.80. The molecule has 3 aromatic rings. The summed E-state index contributed by atoms with van der Waals surface area (Å²) in [5, 5.41) is 15.9. The zero-order chi connectivity index (χ0) is 15.8. The largest absolute Gasteiger partial charge is 0.332 e. The highest BCUT2D eigenvalue weighted by atomic mass is 79.9. The Morgan fingerprint density at radius 1 is 1.39 bits per heavy atom. The molecule has 1 aromatic carbocycles. The zero-order valence-corrected chi connectivity index (χ0v) is 14.1. The maximum atomic E-state index is 5.39. The summed E-state index contributed by atoms with van der Waals surface area (Å²) in [4.78, 5) is 4.46. The van der Waals surface area contributed by atoms with Crippen LogP contribution in [-0.4, -0.2) is 38.2 Å². The maximum absolute atomic E-state index is 5.39. The fourth-order valence-corrected chi connectivity index (χ4v) is 3.20. The number of benzene rings is 1. The number of hydrogen-bond donors (Lipinski definition) is 1. The van der Waals surface area contributed by atoms with Gasteiger partial charge >= 0.3 is 0 Å². The molecular formula is C15H15BrN6O. The second kappa shape index (κ2) is 5.86. The molecule has 7 nitrogen and oxygen atoms in total. The molecule has 23 heavy (non-hydrogen) atoms. The molecule has 4 rings (SSSR count). The van der Waals surface area contributed by atoms with Gasteiger partial charge in [0.25, 0.3) is 5.89 Å². The molecule has 2 aromatic heterocycles. The van der Waals surface area contributed by atoms with Crippen LogP contribution >= 0.6 is 15.9 Å². The summed E-state index contributed by atoms with van der Waals surface area (Å²) in [6.07, 6.45) is 1.05. The highest BCUT2D eigenvalue weighted by molar-refractivity contribution is 9.10. The van der Waals surface area contributed by atoms with E-state index in [-0.39, 0.29) is 0 Å². The first-order chi connectivity index (χ1) is 11.2. The first-order valence-electron chi connectivity index (χ1n) is 7.45. The molecule has 0 aliphatic carbocycles. The van der Waals surface area contributed by atoms with Crippen molar-refractivity contribution in [1.29, 1.82) is 0 Å². The van der Waals surface area contributed by atoms with E-state index < -0.39 is 0 Å². The van der Waals surface area contributed by atoms with Crippen LogP contribution in [0.15, 0.2) is 33.3 Å². The average Bonchev–Trinajstić information content (AvgIpc) is 3.27. The molecule has 118 valence electrons. The lowest BCUT2D eigenvalue weighted by atomic mass is 10.2. The van der Waals surface area contributed by atoms with Gasteiger partial charge in [0.05, 0.1) is 11.7 Å². The first kappa shape index (κ1) is 14.5. The maximum Gasteiger partial charge on any atom is 0.280 e. The van der Waals surface area contributed by atoms with E-state index >= 15 is 0 Å². The van der Waals surface area contributed by atoms with E-state index in [1.54, 1.807) is 0 Å². The van der Waals surface area contributed by atoms with Gasteiger partial charge in [-0.25, -0.2) is 4.68 Å². The lowest BCUT2D eigenvalue weighted by Gasteiger charge is -2.09. The number of rotatable bonds is 3. The Kier molecular flexibility index (Phi) is 3.70. The Bertz CT molecular complexity index is 836. The summed E-state index contributed by atoms with van der Waals surface area (Å²) in [5.74, 6) is 0.937. The number of hydrogen-bond acceptors (Lipinski definition) is 6. The zero-order valence-electron chi connectivity index (χ0n) is 12.5. The molecule has 1 fully saturated rings. The molecule has 0 saturated carbocycles. The first-order valence-corrected chi connectivity index (χ1v) is 8.24. The highest BCUT2D eigenvalue weighted by Crippen LogP contribution is 2.26. The summed E-state index contributed by atoms with van der Waals surface area (Å²) in [5.41, 5.74) is 2.48. The smallest absolute Gasteiger partial charge is 0.280 e. The van der Waals surface area contributed by atoms with Crippen LogP contribution in [0.3, 0.4) is 0 Å². The number of halogens is 1. The molecule has 0 amide bonds. The summed E-state index contributed by atoms with van der Waals surface area (Å²) in [6.45, 7) is 3.90. The fraction of sp³-hybridized carbons (Fsp3) is 0.333. The molecule has 8 heteroatoms. The summed E-state index contributed by atoms with van der Waals surface area (Å²) in [6, 6.07) is 8.11. The molecule has 1 atom stereocenters. The van der Waals surface area contributed by atoms with Gasteiger partial charge in [0.1, 0.15) is 0 Å². The minimum atomic E-state index is 0.337. The molecule has 0 radical (unpaired) electrons. The van der Waals surface area contributed by atoms with Gasteiger partial charge in [-0.3, -0.25) is 0 Å². The third kappa shape index (κ3) is 2.68. The topological polar surface area (TPSA) is 81.7 Å². The van der Waals surface area contributed by atoms with Crippen molar-refractivity contribution in [2.75, 3.05) is 13.1 Å². The van der Waals surface area contributed by atoms with Crippen LogP contribution in [0.1, 0.15) is 18.2 Å². The molecule has 0 spiro atoms. The van der Waals surface area contributed by atoms with E-state index in [0.29, 0.717) is 23.5 Å². The lowest BCUT2D eigenvalue weighted by Crippen LogP contribution is -2.15. The van der Waals surface area contributed by atoms with E-state index in [2.05, 4.69) is 41.7 Å². The summed E-state index contributed by atoms with van der Waals surface area (Å²) < 4.78 is 8.31. The standard InChI is InChI=1S/C15H15BrN6O/c1-9-13(19-21-22(9)12-5-6-17-8-12)15-18-14(20-23-15)10-3-2-4-11(16)7-10/h2-4,7,12,17H,5-6,8H2,1H3. The van der Waals surface area contributed by atoms with E-state index in [0.717, 1.165) is 35.2 Å². The van der Waals surface area contributed by atoms with Crippen molar-refractivity contribution in [2.45, 2.75) is 19.4 Å². The molecule has 1 aliphatic rings. The summed E-state index contributed by atoms with van der Waals surface area (Å²) >= 11 is 3.45. The second-order valence-corrected chi connectivity index (χ2v) is 6.46. The molecule has 1 unspecified atom stereocenters. The lowest BCUT2D eigenvalue weighted by molar-refractivity contribution is 0.430. The van der Waals surface area contributed by atoms with E-state index in [4.69, 9.17) is 4.52 Å². The van der Waals surface area contributed by atoms with Crippen molar-refractivity contribution in [2.24, 2.45) is 0 Å². The van der Waals surface area contributed by atoms with Gasteiger partial charge in [-0.15, -0.1) is 5.10 Å². The van der Waals surface area contributed by atoms with Crippen LogP contribution in [0, 0.1) is 6.92 Å². The predicted octanol–water partition coefficient (Wildman–Crippen LogP) is 2.60. The molecule has 1 saturated heterocycles. The number of nitrogens with zero attached hydrogens (tertiary/aromatic N) is 5. The van der Waals surface area contributed by atoms with Gasteiger partial charge in [-0.1, -0.05) is 38.4 Å². The highest BCUT2D eigenvalue weighted by Gasteiger charge is 2.24. The molecule has 1 N–H and O–H groups in total. The third-order valence-electron chi connectivity index (χ3n) is 4.02. The van der Waals surface area contributed by atoms with Crippen molar-refractivity contribution < 1.29 is 4.52 Å².